The molecule has 0 atom stereocenters. The van der Waals surface area contributed by atoms with Gasteiger partial charge in [0.05, 0.1) is 12.7 Å². The minimum Gasteiger partial charge on any atom is -0.481 e. The number of aromatic nitrogens is 1. The molecule has 0 aliphatic heterocycles. The molecule has 1 aromatic heterocycles. The lowest BCUT2D eigenvalue weighted by atomic mass is 10.1. The second-order valence-electron chi connectivity index (χ2n) is 2.35. The number of hydrogen-bond donors (Lipinski definition) is 1. The zero-order valence-corrected chi connectivity index (χ0v) is 6.96. The van der Waals surface area contributed by atoms with E-state index in [1.165, 1.54) is 7.11 Å². The van der Waals surface area contributed by atoms with Crippen molar-refractivity contribution in [1.82, 2.24) is 4.98 Å². The lowest BCUT2D eigenvalue weighted by Gasteiger charge is -2.03. The second kappa shape index (κ2) is 3.09. The van der Waals surface area contributed by atoms with Crippen LogP contribution in [0.1, 0.15) is 11.1 Å². The molecule has 4 nitrogen and oxygen atoms in total. The molecular formula is C8H9N3O. The summed E-state index contributed by atoms with van der Waals surface area (Å²) in [7, 11) is 1.51. The van der Waals surface area contributed by atoms with E-state index in [0.717, 1.165) is 5.56 Å². The molecule has 2 N–H and O–H groups in total. The molecule has 0 radical (unpaired) electrons. The summed E-state index contributed by atoms with van der Waals surface area (Å²) >= 11 is 0. The van der Waals surface area contributed by atoms with Crippen LogP contribution in [0, 0.1) is 18.3 Å². The second-order valence-corrected chi connectivity index (χ2v) is 2.35. The Bertz CT molecular complexity index is 318. The monoisotopic (exact) mass is 163 g/mol. The number of ether oxygens (including phenoxy) is 1. The zero-order chi connectivity index (χ0) is 9.14. The van der Waals surface area contributed by atoms with Crippen LogP contribution >= 0.6 is 0 Å². The first kappa shape index (κ1) is 8.34. The summed E-state index contributed by atoms with van der Waals surface area (Å²) in [5.74, 6) is 0.651. The Balaban J connectivity index is 3.30. The van der Waals surface area contributed by atoms with E-state index < -0.39 is 0 Å². The average Bonchev–Trinajstić information content (AvgIpc) is 2.03. The standard InChI is InChI=1S/C8H9N3O/c1-5-3-7(12-2)11-8(10)6(5)4-9/h3H,1-2H3,(H2,10,11). The van der Waals surface area contributed by atoms with Crippen molar-refractivity contribution in [3.63, 3.8) is 0 Å². The van der Waals surface area contributed by atoms with Gasteiger partial charge in [-0.1, -0.05) is 0 Å². The van der Waals surface area contributed by atoms with Crippen LogP contribution in [0.4, 0.5) is 5.82 Å². The van der Waals surface area contributed by atoms with E-state index in [0.29, 0.717) is 11.4 Å². The molecule has 0 amide bonds. The summed E-state index contributed by atoms with van der Waals surface area (Å²) in [6.07, 6.45) is 0. The molecule has 0 aromatic carbocycles. The van der Waals surface area contributed by atoms with Crippen molar-refractivity contribution in [2.45, 2.75) is 6.92 Å². The van der Waals surface area contributed by atoms with Crippen molar-refractivity contribution in [1.29, 1.82) is 5.26 Å². The zero-order valence-electron chi connectivity index (χ0n) is 6.96. The summed E-state index contributed by atoms with van der Waals surface area (Å²) in [6.45, 7) is 1.79. The number of aryl methyl sites for hydroxylation is 1. The molecule has 0 aliphatic carbocycles. The fraction of sp³-hybridized carbons (Fsp3) is 0.250. The van der Waals surface area contributed by atoms with Crippen LogP contribution in [-0.2, 0) is 0 Å². The van der Waals surface area contributed by atoms with Crippen LogP contribution < -0.4 is 10.5 Å². The fourth-order valence-corrected chi connectivity index (χ4v) is 0.916. The van der Waals surface area contributed by atoms with Gasteiger partial charge in [-0.3, -0.25) is 0 Å². The van der Waals surface area contributed by atoms with Gasteiger partial charge in [0, 0.05) is 6.07 Å². The molecule has 0 bridgehead atoms. The number of nitriles is 1. The topological polar surface area (TPSA) is 71.9 Å². The Morgan fingerprint density at radius 1 is 1.67 bits per heavy atom. The summed E-state index contributed by atoms with van der Waals surface area (Å²) < 4.78 is 4.87. The molecule has 0 unspecified atom stereocenters. The summed E-state index contributed by atoms with van der Waals surface area (Å²) in [6, 6.07) is 3.65. The van der Waals surface area contributed by atoms with Crippen LogP contribution in [0.2, 0.25) is 0 Å². The Morgan fingerprint density at radius 2 is 2.33 bits per heavy atom. The molecule has 0 spiro atoms. The molecule has 62 valence electrons. The van der Waals surface area contributed by atoms with Crippen molar-refractivity contribution in [3.8, 4) is 11.9 Å². The highest BCUT2D eigenvalue weighted by atomic mass is 16.5. The van der Waals surface area contributed by atoms with Crippen LogP contribution in [0.5, 0.6) is 5.88 Å². The predicted molar refractivity (Wildman–Crippen MR) is 44.7 cm³/mol. The maximum Gasteiger partial charge on any atom is 0.215 e. The highest BCUT2D eigenvalue weighted by molar-refractivity contribution is 5.54. The van der Waals surface area contributed by atoms with Gasteiger partial charge in [0.25, 0.3) is 0 Å². The van der Waals surface area contributed by atoms with Crippen molar-refractivity contribution in [2.75, 3.05) is 12.8 Å². The Hall–Kier alpha value is -1.76. The third-order valence-electron chi connectivity index (χ3n) is 1.54. The van der Waals surface area contributed by atoms with E-state index in [4.69, 9.17) is 15.7 Å². The fourth-order valence-electron chi connectivity index (χ4n) is 0.916. The molecule has 0 aliphatic rings. The summed E-state index contributed by atoms with van der Waals surface area (Å²) in [5, 5.41) is 8.65. The highest BCUT2D eigenvalue weighted by Crippen LogP contribution is 2.18. The van der Waals surface area contributed by atoms with Gasteiger partial charge in [0.15, 0.2) is 0 Å². The van der Waals surface area contributed by atoms with Crippen molar-refractivity contribution < 1.29 is 4.74 Å². The van der Waals surface area contributed by atoms with Crippen molar-refractivity contribution >= 4 is 5.82 Å². The number of hydrogen-bond acceptors (Lipinski definition) is 4. The minimum absolute atomic E-state index is 0.217. The van der Waals surface area contributed by atoms with Crippen LogP contribution in [-0.4, -0.2) is 12.1 Å². The van der Waals surface area contributed by atoms with E-state index >= 15 is 0 Å². The quantitative estimate of drug-likeness (QED) is 0.666. The van der Waals surface area contributed by atoms with Crippen LogP contribution in [0.3, 0.4) is 0 Å². The normalized spacial score (nSPS) is 9.08. The largest absolute Gasteiger partial charge is 0.481 e. The van der Waals surface area contributed by atoms with Gasteiger partial charge < -0.3 is 10.5 Å². The van der Waals surface area contributed by atoms with E-state index in [1.54, 1.807) is 13.0 Å². The lowest BCUT2D eigenvalue weighted by Crippen LogP contribution is -1.99. The highest BCUT2D eigenvalue weighted by Gasteiger charge is 2.05. The Labute approximate surface area is 70.6 Å². The summed E-state index contributed by atoms with van der Waals surface area (Å²) in [4.78, 5) is 3.86. The molecule has 0 saturated heterocycles. The predicted octanol–water partition coefficient (Wildman–Crippen LogP) is 0.853. The SMILES string of the molecule is COc1cc(C)c(C#N)c(N)n1. The van der Waals surface area contributed by atoms with Gasteiger partial charge in [0.1, 0.15) is 11.9 Å². The van der Waals surface area contributed by atoms with E-state index in [9.17, 15) is 0 Å². The van der Waals surface area contributed by atoms with Crippen LogP contribution in [0.25, 0.3) is 0 Å². The first-order chi connectivity index (χ1) is 5.69. The number of nitrogen functional groups attached to an aromatic ring is 1. The smallest absolute Gasteiger partial charge is 0.215 e. The first-order valence-electron chi connectivity index (χ1n) is 3.40. The molecule has 1 rings (SSSR count). The van der Waals surface area contributed by atoms with Gasteiger partial charge in [0.2, 0.25) is 5.88 Å². The molecule has 4 heteroatoms. The van der Waals surface area contributed by atoms with Crippen molar-refractivity contribution in [3.05, 3.63) is 17.2 Å². The maximum atomic E-state index is 8.65. The molecule has 1 heterocycles. The third kappa shape index (κ3) is 1.30. The number of nitrogens with two attached hydrogens (primary N) is 1. The number of rotatable bonds is 1. The number of pyridine rings is 1. The Morgan fingerprint density at radius 3 is 2.75 bits per heavy atom. The number of nitrogens with zero attached hydrogens (tertiary/aromatic N) is 2. The average molecular weight is 163 g/mol. The maximum absolute atomic E-state index is 8.65. The molecule has 12 heavy (non-hydrogen) atoms. The number of anilines is 1. The summed E-state index contributed by atoms with van der Waals surface area (Å²) in [5.41, 5.74) is 6.69. The third-order valence-corrected chi connectivity index (χ3v) is 1.54. The van der Waals surface area contributed by atoms with Gasteiger partial charge in [-0.2, -0.15) is 10.2 Å². The van der Waals surface area contributed by atoms with E-state index in [-0.39, 0.29) is 5.82 Å². The number of methoxy groups -OCH3 is 1. The first-order valence-corrected chi connectivity index (χ1v) is 3.40. The minimum atomic E-state index is 0.217. The van der Waals surface area contributed by atoms with Crippen molar-refractivity contribution in [2.24, 2.45) is 0 Å². The van der Waals surface area contributed by atoms with Gasteiger partial charge in [-0.25, -0.2) is 0 Å². The van der Waals surface area contributed by atoms with E-state index in [2.05, 4.69) is 4.98 Å². The molecule has 0 saturated carbocycles. The van der Waals surface area contributed by atoms with Gasteiger partial charge in [-0.15, -0.1) is 0 Å². The van der Waals surface area contributed by atoms with E-state index in [1.807, 2.05) is 6.07 Å². The molecular weight excluding hydrogens is 154 g/mol. The lowest BCUT2D eigenvalue weighted by molar-refractivity contribution is 0.398. The van der Waals surface area contributed by atoms with Gasteiger partial charge >= 0.3 is 0 Å². The molecule has 1 aromatic rings. The molecule has 0 fully saturated rings. The van der Waals surface area contributed by atoms with Crippen LogP contribution in [0.15, 0.2) is 6.07 Å². The van der Waals surface area contributed by atoms with Gasteiger partial charge in [-0.05, 0) is 12.5 Å². The Kier molecular flexibility index (Phi) is 2.15.